The maximum absolute atomic E-state index is 13.3. The van der Waals surface area contributed by atoms with Gasteiger partial charge >= 0.3 is 6.18 Å². The fraction of sp³-hybridized carbons (Fsp3) is 0.125. The van der Waals surface area contributed by atoms with Crippen molar-refractivity contribution < 1.29 is 32.0 Å². The van der Waals surface area contributed by atoms with Crippen molar-refractivity contribution >= 4 is 52.3 Å². The van der Waals surface area contributed by atoms with Crippen LogP contribution in [0.2, 0.25) is 0 Å². The summed E-state index contributed by atoms with van der Waals surface area (Å²) in [4.78, 5) is 39.2. The van der Waals surface area contributed by atoms with Crippen LogP contribution in [0.25, 0.3) is 17.4 Å². The number of halogens is 3. The SMILES string of the molecule is CSc1cccc(NC(=O)CN2C(=O)S/C(=C/c3ccc(-c4ccccc4C(F)(F)F)o3)C2=O)c1. The highest BCUT2D eigenvalue weighted by molar-refractivity contribution is 8.18. The first-order valence-electron chi connectivity index (χ1n) is 10.1. The first-order valence-corrected chi connectivity index (χ1v) is 12.2. The normalized spacial score (nSPS) is 15.2. The zero-order chi connectivity index (χ0) is 25.2. The zero-order valence-corrected chi connectivity index (χ0v) is 19.7. The molecule has 11 heteroatoms. The predicted molar refractivity (Wildman–Crippen MR) is 129 cm³/mol. The fourth-order valence-electron chi connectivity index (χ4n) is 3.33. The minimum Gasteiger partial charge on any atom is -0.457 e. The molecule has 0 radical (unpaired) electrons. The van der Waals surface area contributed by atoms with Gasteiger partial charge in [-0.05, 0) is 54.4 Å². The van der Waals surface area contributed by atoms with E-state index in [0.717, 1.165) is 15.9 Å². The van der Waals surface area contributed by atoms with E-state index in [4.69, 9.17) is 4.42 Å². The number of rotatable bonds is 6. The van der Waals surface area contributed by atoms with Crippen LogP contribution >= 0.6 is 23.5 Å². The van der Waals surface area contributed by atoms with E-state index in [9.17, 15) is 27.6 Å². The molecule has 4 rings (SSSR count). The van der Waals surface area contributed by atoms with Crippen LogP contribution in [0, 0.1) is 0 Å². The van der Waals surface area contributed by atoms with Gasteiger partial charge in [-0.15, -0.1) is 11.8 Å². The Labute approximate surface area is 206 Å². The number of thioether (sulfide) groups is 2. The minimum absolute atomic E-state index is 0.00260. The number of hydrogen-bond donors (Lipinski definition) is 1. The number of carbonyl (C=O) groups is 3. The van der Waals surface area contributed by atoms with Crippen molar-refractivity contribution in [2.24, 2.45) is 0 Å². The maximum Gasteiger partial charge on any atom is 0.417 e. The Morgan fingerprint density at radius 2 is 1.89 bits per heavy atom. The van der Waals surface area contributed by atoms with Crippen molar-refractivity contribution in [2.45, 2.75) is 11.1 Å². The molecule has 1 aromatic heterocycles. The lowest BCUT2D eigenvalue weighted by Gasteiger charge is -2.12. The molecule has 2 aromatic carbocycles. The van der Waals surface area contributed by atoms with E-state index >= 15 is 0 Å². The molecule has 6 nitrogen and oxygen atoms in total. The van der Waals surface area contributed by atoms with Crippen molar-refractivity contribution in [1.82, 2.24) is 4.90 Å². The summed E-state index contributed by atoms with van der Waals surface area (Å²) in [5, 5.41) is 2.01. The number of amides is 3. The summed E-state index contributed by atoms with van der Waals surface area (Å²) in [6, 6.07) is 14.8. The molecule has 180 valence electrons. The van der Waals surface area contributed by atoms with E-state index in [1.807, 2.05) is 12.3 Å². The van der Waals surface area contributed by atoms with Gasteiger partial charge in [-0.2, -0.15) is 13.2 Å². The standard InChI is InChI=1S/C24H17F3N2O4S2/c1-34-16-6-4-5-14(11-16)28-21(30)13-29-22(31)20(35-23(29)32)12-15-9-10-19(33-15)17-7-2-3-8-18(17)24(25,26)27/h2-12H,13H2,1H3,(H,28,30)/b20-12+. The molecule has 3 aromatic rings. The van der Waals surface area contributed by atoms with Gasteiger partial charge in [-0.1, -0.05) is 24.3 Å². The molecule has 1 N–H and O–H groups in total. The van der Waals surface area contributed by atoms with Gasteiger partial charge in [0.1, 0.15) is 18.1 Å². The summed E-state index contributed by atoms with van der Waals surface area (Å²) in [7, 11) is 0. The highest BCUT2D eigenvalue weighted by atomic mass is 32.2. The summed E-state index contributed by atoms with van der Waals surface area (Å²) < 4.78 is 45.4. The van der Waals surface area contributed by atoms with E-state index in [2.05, 4.69) is 5.32 Å². The number of nitrogens with zero attached hydrogens (tertiary/aromatic N) is 1. The summed E-state index contributed by atoms with van der Waals surface area (Å²) in [6.07, 6.45) is -1.40. The van der Waals surface area contributed by atoms with Crippen LogP contribution in [-0.2, 0) is 15.8 Å². The molecule has 35 heavy (non-hydrogen) atoms. The first-order chi connectivity index (χ1) is 16.7. The molecule has 0 aliphatic carbocycles. The fourth-order valence-corrected chi connectivity index (χ4v) is 4.61. The Hall–Kier alpha value is -3.44. The molecule has 0 unspecified atom stereocenters. The van der Waals surface area contributed by atoms with Crippen LogP contribution in [0.15, 0.2) is 74.9 Å². The van der Waals surface area contributed by atoms with Crippen LogP contribution < -0.4 is 5.32 Å². The number of alkyl halides is 3. The monoisotopic (exact) mass is 518 g/mol. The van der Waals surface area contributed by atoms with Crippen LogP contribution in [0.1, 0.15) is 11.3 Å². The largest absolute Gasteiger partial charge is 0.457 e. The predicted octanol–water partition coefficient (Wildman–Crippen LogP) is 6.36. The van der Waals surface area contributed by atoms with Gasteiger partial charge in [0, 0.05) is 22.2 Å². The Morgan fingerprint density at radius 1 is 1.11 bits per heavy atom. The molecule has 0 atom stereocenters. The van der Waals surface area contributed by atoms with E-state index in [1.54, 1.807) is 18.2 Å². The highest BCUT2D eigenvalue weighted by Crippen LogP contribution is 2.38. The molecule has 1 aliphatic rings. The summed E-state index contributed by atoms with van der Waals surface area (Å²) >= 11 is 2.12. The van der Waals surface area contributed by atoms with Gasteiger partial charge < -0.3 is 9.73 Å². The Kier molecular flexibility index (Phi) is 7.08. The van der Waals surface area contributed by atoms with Crippen molar-refractivity contribution in [3.8, 4) is 11.3 Å². The van der Waals surface area contributed by atoms with Gasteiger partial charge in [-0.3, -0.25) is 19.3 Å². The van der Waals surface area contributed by atoms with Crippen LogP contribution in [-0.4, -0.2) is 34.8 Å². The zero-order valence-electron chi connectivity index (χ0n) is 18.1. The van der Waals surface area contributed by atoms with Crippen molar-refractivity contribution in [3.63, 3.8) is 0 Å². The number of hydrogen-bond acceptors (Lipinski definition) is 6. The minimum atomic E-state index is -4.57. The van der Waals surface area contributed by atoms with E-state index in [0.29, 0.717) is 17.4 Å². The van der Waals surface area contributed by atoms with Crippen molar-refractivity contribution in [1.29, 1.82) is 0 Å². The molecule has 1 aliphatic heterocycles. The molecule has 0 spiro atoms. The summed E-state index contributed by atoms with van der Waals surface area (Å²) in [5.41, 5.74) is -0.461. The summed E-state index contributed by atoms with van der Waals surface area (Å²) in [5.74, 6) is -1.17. The van der Waals surface area contributed by atoms with Crippen LogP contribution in [0.5, 0.6) is 0 Å². The van der Waals surface area contributed by atoms with Gasteiger partial charge in [0.25, 0.3) is 11.1 Å². The van der Waals surface area contributed by atoms with Gasteiger partial charge in [0.15, 0.2) is 0 Å². The lowest BCUT2D eigenvalue weighted by Crippen LogP contribution is -2.36. The van der Waals surface area contributed by atoms with Gasteiger partial charge in [0.05, 0.1) is 10.5 Å². The van der Waals surface area contributed by atoms with Crippen molar-refractivity contribution in [2.75, 3.05) is 18.1 Å². The number of carbonyl (C=O) groups excluding carboxylic acids is 3. The van der Waals surface area contributed by atoms with Crippen molar-refractivity contribution in [3.05, 3.63) is 76.9 Å². The van der Waals surface area contributed by atoms with Gasteiger partial charge in [0.2, 0.25) is 5.91 Å². The molecule has 2 heterocycles. The number of benzene rings is 2. The molecule has 1 fully saturated rings. The molecule has 3 amide bonds. The number of furan rings is 1. The third-order valence-corrected chi connectivity index (χ3v) is 6.56. The Morgan fingerprint density at radius 3 is 2.63 bits per heavy atom. The van der Waals surface area contributed by atoms with Gasteiger partial charge in [-0.25, -0.2) is 0 Å². The third kappa shape index (κ3) is 5.63. The molecule has 1 saturated heterocycles. The van der Waals surface area contributed by atoms with E-state index in [1.165, 1.54) is 48.2 Å². The number of nitrogens with one attached hydrogen (secondary N) is 1. The van der Waals surface area contributed by atoms with E-state index < -0.39 is 35.3 Å². The Balaban J connectivity index is 1.48. The second-order valence-corrected chi connectivity index (χ2v) is 9.17. The maximum atomic E-state index is 13.3. The molecular formula is C24H17F3N2O4S2. The quantitative estimate of drug-likeness (QED) is 0.302. The van der Waals surface area contributed by atoms with Crippen LogP contribution in [0.4, 0.5) is 23.7 Å². The highest BCUT2D eigenvalue weighted by Gasteiger charge is 2.37. The Bertz CT molecular complexity index is 1330. The van der Waals surface area contributed by atoms with Crippen LogP contribution in [0.3, 0.4) is 0 Å². The van der Waals surface area contributed by atoms with E-state index in [-0.39, 0.29) is 22.0 Å². The smallest absolute Gasteiger partial charge is 0.417 e. The second kappa shape index (κ2) is 10.0. The lowest BCUT2D eigenvalue weighted by atomic mass is 10.1. The average Bonchev–Trinajstić information content (AvgIpc) is 3.39. The first kappa shape index (κ1) is 24.7. The lowest BCUT2D eigenvalue weighted by molar-refractivity contribution is -0.137. The average molecular weight is 519 g/mol. The molecule has 0 bridgehead atoms. The molecular weight excluding hydrogens is 501 g/mol. The number of anilines is 1. The molecule has 0 saturated carbocycles. The topological polar surface area (TPSA) is 79.6 Å². The second-order valence-electron chi connectivity index (χ2n) is 7.29. The summed E-state index contributed by atoms with van der Waals surface area (Å²) in [6.45, 7) is -0.478. The number of imide groups is 1. The third-order valence-electron chi connectivity index (χ3n) is 4.93.